The third kappa shape index (κ3) is 2.66. The molecule has 5 nitrogen and oxygen atoms in total. The van der Waals surface area contributed by atoms with Crippen LogP contribution in [0.2, 0.25) is 0 Å². The second-order valence-corrected chi connectivity index (χ2v) is 9.06. The van der Waals surface area contributed by atoms with Crippen molar-refractivity contribution >= 4 is 33.6 Å². The van der Waals surface area contributed by atoms with E-state index in [0.717, 1.165) is 44.8 Å². The lowest BCUT2D eigenvalue weighted by molar-refractivity contribution is -0.166. The molecule has 138 valence electrons. The summed E-state index contributed by atoms with van der Waals surface area (Å²) >= 11 is 1.61. The van der Waals surface area contributed by atoms with Gasteiger partial charge in [0.25, 0.3) is 0 Å². The fourth-order valence-electron chi connectivity index (χ4n) is 4.58. The number of hydrogen-bond acceptors (Lipinski definition) is 6. The minimum atomic E-state index is -0.653. The van der Waals surface area contributed by atoms with Gasteiger partial charge < -0.3 is 10.8 Å². The molecule has 27 heavy (non-hydrogen) atoms. The highest BCUT2D eigenvalue weighted by atomic mass is 32.1. The fourth-order valence-corrected chi connectivity index (χ4v) is 5.69. The van der Waals surface area contributed by atoms with Crippen molar-refractivity contribution in [1.82, 2.24) is 9.97 Å². The van der Waals surface area contributed by atoms with Crippen LogP contribution in [0.3, 0.4) is 0 Å². The molecule has 0 aromatic carbocycles. The van der Waals surface area contributed by atoms with Crippen LogP contribution in [0.5, 0.6) is 0 Å². The Labute approximate surface area is 162 Å². The molecule has 6 heteroatoms. The van der Waals surface area contributed by atoms with Gasteiger partial charge in [0.1, 0.15) is 10.6 Å². The standard InChI is InChI=1S/C21H22N4OS/c1-23-9-15-7-14(10-24-18(15)22)16-4-3-13-8-17(27-19(13)25-16)21(26)11-20(12-21)5-2-6-20/h3-4,7-10,26H,2,5-6,11-12H2,1H3,(H2,22,24). The summed E-state index contributed by atoms with van der Waals surface area (Å²) in [5.41, 5.74) is 8.23. The molecule has 0 bridgehead atoms. The number of hydrogen-bond donors (Lipinski definition) is 2. The first kappa shape index (κ1) is 16.8. The van der Waals surface area contributed by atoms with Crippen molar-refractivity contribution in [1.29, 1.82) is 0 Å². The molecule has 0 unspecified atom stereocenters. The van der Waals surface area contributed by atoms with Gasteiger partial charge in [-0.2, -0.15) is 0 Å². The molecule has 0 amide bonds. The van der Waals surface area contributed by atoms with Crippen molar-refractivity contribution in [3.63, 3.8) is 0 Å². The largest absolute Gasteiger partial charge is 0.384 e. The Morgan fingerprint density at radius 1 is 1.26 bits per heavy atom. The number of nitrogen functional groups attached to an aromatic ring is 1. The molecule has 2 aliphatic rings. The highest BCUT2D eigenvalue weighted by Crippen LogP contribution is 2.64. The van der Waals surface area contributed by atoms with E-state index in [2.05, 4.69) is 22.1 Å². The van der Waals surface area contributed by atoms with Crippen LogP contribution in [0.4, 0.5) is 5.82 Å². The molecule has 0 radical (unpaired) electrons. The number of aromatic nitrogens is 2. The number of fused-ring (bicyclic) bond motifs is 1. The molecular weight excluding hydrogens is 356 g/mol. The molecule has 3 aromatic heterocycles. The maximum Gasteiger partial charge on any atom is 0.132 e. The molecule has 3 aromatic rings. The van der Waals surface area contributed by atoms with Gasteiger partial charge >= 0.3 is 0 Å². The molecule has 0 aliphatic heterocycles. The van der Waals surface area contributed by atoms with Crippen molar-refractivity contribution in [3.05, 3.63) is 40.9 Å². The van der Waals surface area contributed by atoms with Gasteiger partial charge in [-0.25, -0.2) is 9.97 Å². The summed E-state index contributed by atoms with van der Waals surface area (Å²) in [6.45, 7) is 0. The van der Waals surface area contributed by atoms with E-state index < -0.39 is 5.60 Å². The van der Waals surface area contributed by atoms with Crippen LogP contribution in [-0.2, 0) is 5.60 Å². The molecule has 1 spiro atoms. The van der Waals surface area contributed by atoms with Crippen LogP contribution >= 0.6 is 11.3 Å². The third-order valence-corrected chi connectivity index (χ3v) is 7.34. The van der Waals surface area contributed by atoms with E-state index in [1.807, 2.05) is 12.1 Å². The lowest BCUT2D eigenvalue weighted by Crippen LogP contribution is -2.52. The fraction of sp³-hybridized carbons (Fsp3) is 0.381. The van der Waals surface area contributed by atoms with Gasteiger partial charge in [0.2, 0.25) is 0 Å². The Morgan fingerprint density at radius 2 is 2.07 bits per heavy atom. The summed E-state index contributed by atoms with van der Waals surface area (Å²) < 4.78 is 0. The van der Waals surface area contributed by atoms with Crippen molar-refractivity contribution in [2.24, 2.45) is 10.4 Å². The number of nitrogens with two attached hydrogens (primary N) is 1. The van der Waals surface area contributed by atoms with E-state index in [9.17, 15) is 5.11 Å². The maximum atomic E-state index is 11.0. The zero-order valence-corrected chi connectivity index (χ0v) is 16.1. The number of nitrogens with zero attached hydrogens (tertiary/aromatic N) is 3. The Balaban J connectivity index is 1.49. The zero-order chi connectivity index (χ0) is 18.6. The molecular formula is C21H22N4OS. The van der Waals surface area contributed by atoms with Crippen LogP contribution in [0.15, 0.2) is 35.5 Å². The van der Waals surface area contributed by atoms with Gasteiger partial charge in [-0.15, -0.1) is 11.3 Å². The Hall–Kier alpha value is -2.31. The smallest absolute Gasteiger partial charge is 0.132 e. The van der Waals surface area contributed by atoms with Gasteiger partial charge in [-0.3, -0.25) is 4.99 Å². The average molecular weight is 379 g/mol. The molecule has 3 heterocycles. The van der Waals surface area contributed by atoms with Crippen molar-refractivity contribution in [3.8, 4) is 11.3 Å². The molecule has 3 N–H and O–H groups in total. The van der Waals surface area contributed by atoms with Crippen LogP contribution in [0.1, 0.15) is 42.5 Å². The second-order valence-electron chi connectivity index (χ2n) is 8.03. The Kier molecular flexibility index (Phi) is 3.64. The molecule has 5 rings (SSSR count). The van der Waals surface area contributed by atoms with E-state index in [-0.39, 0.29) is 0 Å². The SMILES string of the molecule is CN=Cc1cc(-c2ccc3cc(C4(O)CC5(CCC5)C4)sc3n2)cnc1N. The molecule has 0 saturated heterocycles. The lowest BCUT2D eigenvalue weighted by Gasteiger charge is -2.58. The first-order chi connectivity index (χ1) is 13.0. The number of thiophene rings is 1. The van der Waals surface area contributed by atoms with Crippen LogP contribution in [0.25, 0.3) is 21.5 Å². The first-order valence-corrected chi connectivity index (χ1v) is 10.1. The van der Waals surface area contributed by atoms with Gasteiger partial charge in [0.05, 0.1) is 11.3 Å². The summed E-state index contributed by atoms with van der Waals surface area (Å²) in [6.07, 6.45) is 9.11. The predicted molar refractivity (Wildman–Crippen MR) is 110 cm³/mol. The predicted octanol–water partition coefficient (Wildman–Crippen LogP) is 4.14. The summed E-state index contributed by atoms with van der Waals surface area (Å²) in [5, 5.41) is 12.1. The number of aliphatic hydroxyl groups is 1. The van der Waals surface area contributed by atoms with Gasteiger partial charge in [0.15, 0.2) is 0 Å². The van der Waals surface area contributed by atoms with Crippen LogP contribution in [0, 0.1) is 5.41 Å². The van der Waals surface area contributed by atoms with Crippen LogP contribution < -0.4 is 5.73 Å². The Morgan fingerprint density at radius 3 is 2.78 bits per heavy atom. The first-order valence-electron chi connectivity index (χ1n) is 9.32. The Bertz CT molecular complexity index is 1060. The quantitative estimate of drug-likeness (QED) is 0.671. The molecule has 2 aliphatic carbocycles. The highest BCUT2D eigenvalue weighted by Gasteiger charge is 2.57. The monoisotopic (exact) mass is 378 g/mol. The minimum absolute atomic E-state index is 0.427. The van der Waals surface area contributed by atoms with E-state index in [4.69, 9.17) is 10.7 Å². The van der Waals surface area contributed by atoms with E-state index in [1.54, 1.807) is 30.8 Å². The summed E-state index contributed by atoms with van der Waals surface area (Å²) in [5.74, 6) is 0.459. The van der Waals surface area contributed by atoms with Crippen LogP contribution in [-0.4, -0.2) is 28.3 Å². The lowest BCUT2D eigenvalue weighted by atomic mass is 9.49. The number of rotatable bonds is 3. The molecule has 0 atom stereocenters. The average Bonchev–Trinajstić information content (AvgIpc) is 3.03. The van der Waals surface area contributed by atoms with E-state index >= 15 is 0 Å². The van der Waals surface area contributed by atoms with E-state index in [1.165, 1.54) is 19.3 Å². The zero-order valence-electron chi connectivity index (χ0n) is 15.3. The van der Waals surface area contributed by atoms with Crippen molar-refractivity contribution < 1.29 is 5.11 Å². The highest BCUT2D eigenvalue weighted by molar-refractivity contribution is 7.18. The van der Waals surface area contributed by atoms with E-state index in [0.29, 0.717) is 11.2 Å². The summed E-state index contributed by atoms with van der Waals surface area (Å²) in [6, 6.07) is 8.14. The molecule has 2 saturated carbocycles. The number of pyridine rings is 2. The van der Waals surface area contributed by atoms with Gasteiger partial charge in [-0.1, -0.05) is 6.42 Å². The third-order valence-electron chi connectivity index (χ3n) is 6.10. The minimum Gasteiger partial charge on any atom is -0.384 e. The summed E-state index contributed by atoms with van der Waals surface area (Å²) in [4.78, 5) is 15.1. The summed E-state index contributed by atoms with van der Waals surface area (Å²) in [7, 11) is 1.71. The van der Waals surface area contributed by atoms with Gasteiger partial charge in [-0.05, 0) is 55.4 Å². The maximum absolute atomic E-state index is 11.0. The second kappa shape index (κ2) is 5.84. The normalized spacial score (nSPS) is 20.1. The molecule has 2 fully saturated rings. The number of anilines is 1. The van der Waals surface area contributed by atoms with Crippen molar-refractivity contribution in [2.45, 2.75) is 37.7 Å². The topological polar surface area (TPSA) is 84.4 Å². The van der Waals surface area contributed by atoms with Gasteiger partial charge in [0, 0.05) is 40.8 Å². The van der Waals surface area contributed by atoms with Crippen molar-refractivity contribution in [2.75, 3.05) is 12.8 Å². The number of aliphatic imine (C=N–C) groups is 1.